The zero-order chi connectivity index (χ0) is 25.7. The molecule has 1 fully saturated rings. The first-order chi connectivity index (χ1) is 17.3. The Bertz CT molecular complexity index is 1260. The molecule has 1 N–H and O–H groups in total. The Kier molecular flexibility index (Phi) is 8.41. The highest BCUT2D eigenvalue weighted by atomic mass is 19.1. The van der Waals surface area contributed by atoms with Crippen LogP contribution in [0.2, 0.25) is 0 Å². The molecule has 6 nitrogen and oxygen atoms in total. The molecule has 0 saturated carbocycles. The van der Waals surface area contributed by atoms with E-state index in [0.29, 0.717) is 40.3 Å². The Labute approximate surface area is 212 Å². The summed E-state index contributed by atoms with van der Waals surface area (Å²) >= 11 is 0. The first-order valence-corrected chi connectivity index (χ1v) is 12.9. The van der Waals surface area contributed by atoms with Gasteiger partial charge in [0.2, 0.25) is 5.91 Å². The minimum absolute atomic E-state index is 0.0572. The van der Waals surface area contributed by atoms with Gasteiger partial charge in [-0.3, -0.25) is 14.2 Å². The number of pyridine rings is 1. The van der Waals surface area contributed by atoms with Crippen molar-refractivity contribution in [3.63, 3.8) is 0 Å². The molecular formula is C29H36FN3O3. The van der Waals surface area contributed by atoms with E-state index in [1.807, 2.05) is 32.0 Å². The van der Waals surface area contributed by atoms with Crippen molar-refractivity contribution in [3.8, 4) is 17.0 Å². The number of hydrogen-bond donors (Lipinski definition) is 1. The number of ether oxygens (including phenoxy) is 1. The minimum Gasteiger partial charge on any atom is -0.493 e. The Balaban J connectivity index is 1.62. The largest absolute Gasteiger partial charge is 0.493 e. The van der Waals surface area contributed by atoms with Gasteiger partial charge in [-0.1, -0.05) is 31.5 Å². The van der Waals surface area contributed by atoms with Crippen LogP contribution in [0.15, 0.2) is 53.3 Å². The molecule has 1 aliphatic rings. The van der Waals surface area contributed by atoms with Crippen LogP contribution >= 0.6 is 0 Å². The highest BCUT2D eigenvalue weighted by Crippen LogP contribution is 2.26. The molecule has 1 aliphatic heterocycles. The minimum atomic E-state index is -0.402. The number of rotatable bonds is 9. The summed E-state index contributed by atoms with van der Waals surface area (Å²) in [7, 11) is 0. The number of carbonyl (C=O) groups is 1. The second-order valence-electron chi connectivity index (χ2n) is 10.2. The summed E-state index contributed by atoms with van der Waals surface area (Å²) in [5.41, 5.74) is 0.727. The lowest BCUT2D eigenvalue weighted by molar-refractivity contribution is -0.122. The van der Waals surface area contributed by atoms with Crippen LogP contribution in [0.1, 0.15) is 40.0 Å². The van der Waals surface area contributed by atoms with E-state index in [9.17, 15) is 14.0 Å². The molecule has 36 heavy (non-hydrogen) atoms. The lowest BCUT2D eigenvalue weighted by atomic mass is 10.1. The Hall–Kier alpha value is -3.19. The second kappa shape index (κ2) is 11.7. The summed E-state index contributed by atoms with van der Waals surface area (Å²) in [6.07, 6.45) is 3.84. The molecule has 1 atom stereocenters. The van der Waals surface area contributed by atoms with Gasteiger partial charge in [0, 0.05) is 24.1 Å². The molecule has 1 aromatic heterocycles. The summed E-state index contributed by atoms with van der Waals surface area (Å²) in [5.74, 6) is 0.316. The van der Waals surface area contributed by atoms with Crippen LogP contribution in [-0.2, 0) is 11.3 Å². The zero-order valence-corrected chi connectivity index (χ0v) is 21.4. The third-order valence-corrected chi connectivity index (χ3v) is 6.51. The number of hydrogen-bond acceptors (Lipinski definition) is 4. The van der Waals surface area contributed by atoms with Crippen molar-refractivity contribution in [2.24, 2.45) is 5.92 Å². The van der Waals surface area contributed by atoms with Crippen LogP contribution in [0.3, 0.4) is 0 Å². The fourth-order valence-electron chi connectivity index (χ4n) is 4.85. The van der Waals surface area contributed by atoms with Gasteiger partial charge in [0.25, 0.3) is 5.56 Å². The molecule has 2 heterocycles. The molecule has 1 amide bonds. The van der Waals surface area contributed by atoms with E-state index in [1.165, 1.54) is 36.0 Å². The average molecular weight is 494 g/mol. The molecule has 2 aromatic carbocycles. The smallest absolute Gasteiger partial charge is 0.259 e. The van der Waals surface area contributed by atoms with Crippen molar-refractivity contribution in [3.05, 3.63) is 64.7 Å². The van der Waals surface area contributed by atoms with Crippen LogP contribution < -0.4 is 15.6 Å². The van der Waals surface area contributed by atoms with Crippen LogP contribution in [-0.4, -0.2) is 47.7 Å². The fraction of sp³-hybridized carbons (Fsp3) is 0.448. The van der Waals surface area contributed by atoms with Crippen molar-refractivity contribution in [2.75, 3.05) is 26.2 Å². The molecule has 0 bridgehead atoms. The number of benzene rings is 2. The van der Waals surface area contributed by atoms with Crippen molar-refractivity contribution in [1.29, 1.82) is 0 Å². The van der Waals surface area contributed by atoms with E-state index >= 15 is 0 Å². The number of nitrogens with one attached hydrogen (secondary N) is 1. The van der Waals surface area contributed by atoms with E-state index in [-0.39, 0.29) is 24.1 Å². The zero-order valence-electron chi connectivity index (χ0n) is 21.4. The molecule has 3 aromatic rings. The maximum absolute atomic E-state index is 14.0. The summed E-state index contributed by atoms with van der Waals surface area (Å²) in [4.78, 5) is 28.7. The van der Waals surface area contributed by atoms with E-state index in [4.69, 9.17) is 4.74 Å². The quantitative estimate of drug-likeness (QED) is 0.464. The van der Waals surface area contributed by atoms with Gasteiger partial charge in [-0.15, -0.1) is 0 Å². The molecule has 7 heteroatoms. The molecule has 4 rings (SSSR count). The third kappa shape index (κ3) is 6.52. The summed E-state index contributed by atoms with van der Waals surface area (Å²) in [6, 6.07) is 13.3. The Morgan fingerprint density at radius 3 is 2.56 bits per heavy atom. The number of piperidine rings is 1. The topological polar surface area (TPSA) is 63.6 Å². The lowest BCUT2D eigenvalue weighted by Gasteiger charge is -2.29. The van der Waals surface area contributed by atoms with E-state index in [0.717, 1.165) is 19.6 Å². The van der Waals surface area contributed by atoms with E-state index < -0.39 is 5.82 Å². The third-order valence-electron chi connectivity index (χ3n) is 6.51. The number of amides is 1. The van der Waals surface area contributed by atoms with Gasteiger partial charge in [-0.2, -0.15) is 0 Å². The number of nitrogens with zero attached hydrogens (tertiary/aromatic N) is 2. The highest BCUT2D eigenvalue weighted by Gasteiger charge is 2.17. The lowest BCUT2D eigenvalue weighted by Crippen LogP contribution is -2.36. The fourth-order valence-corrected chi connectivity index (χ4v) is 4.85. The van der Waals surface area contributed by atoms with Gasteiger partial charge in [0.15, 0.2) is 0 Å². The van der Waals surface area contributed by atoms with Crippen LogP contribution in [0.25, 0.3) is 22.0 Å². The standard InChI is InChI=1S/C29H36FN3O3/c1-20(2)31-28(34)18-33-27(23-8-7-9-24(30)14-23)15-22-10-11-25(16-26(22)29(33)35)36-19-21(3)17-32-12-5-4-6-13-32/h7-11,14-16,20-21H,4-6,12-13,17-19H2,1-3H3,(H,31,34)/t21-/m0/s1. The molecular weight excluding hydrogens is 457 g/mol. The van der Waals surface area contributed by atoms with E-state index in [1.54, 1.807) is 18.2 Å². The van der Waals surface area contributed by atoms with Crippen LogP contribution in [0.5, 0.6) is 5.75 Å². The first-order valence-electron chi connectivity index (χ1n) is 12.9. The Morgan fingerprint density at radius 1 is 1.06 bits per heavy atom. The van der Waals surface area contributed by atoms with Gasteiger partial charge in [-0.25, -0.2) is 4.39 Å². The molecule has 192 valence electrons. The second-order valence-corrected chi connectivity index (χ2v) is 10.2. The summed E-state index contributed by atoms with van der Waals surface area (Å²) in [6.45, 7) is 9.62. The predicted molar refractivity (Wildman–Crippen MR) is 142 cm³/mol. The van der Waals surface area contributed by atoms with Crippen molar-refractivity contribution >= 4 is 16.7 Å². The van der Waals surface area contributed by atoms with Gasteiger partial charge in [0.05, 0.1) is 17.7 Å². The van der Waals surface area contributed by atoms with Gasteiger partial charge < -0.3 is 15.0 Å². The monoisotopic (exact) mass is 493 g/mol. The molecule has 0 radical (unpaired) electrons. The number of fused-ring (bicyclic) bond motifs is 1. The number of halogens is 1. The SMILES string of the molecule is CC(C)NC(=O)Cn1c(-c2cccc(F)c2)cc2ccc(OC[C@@H](C)CN3CCCCC3)cc2c1=O. The first kappa shape index (κ1) is 25.9. The summed E-state index contributed by atoms with van der Waals surface area (Å²) < 4.78 is 21.5. The van der Waals surface area contributed by atoms with Crippen molar-refractivity contribution in [1.82, 2.24) is 14.8 Å². The van der Waals surface area contributed by atoms with Gasteiger partial charge in [-0.05, 0) is 75.5 Å². The number of aromatic nitrogens is 1. The average Bonchev–Trinajstić information content (AvgIpc) is 2.84. The van der Waals surface area contributed by atoms with Gasteiger partial charge in [0.1, 0.15) is 18.1 Å². The molecule has 0 unspecified atom stereocenters. The normalized spacial score (nSPS) is 15.2. The predicted octanol–water partition coefficient (Wildman–Crippen LogP) is 4.83. The maximum atomic E-state index is 14.0. The molecule has 0 aliphatic carbocycles. The molecule has 0 spiro atoms. The number of carbonyl (C=O) groups excluding carboxylic acids is 1. The van der Waals surface area contributed by atoms with Crippen LogP contribution in [0, 0.1) is 11.7 Å². The maximum Gasteiger partial charge on any atom is 0.259 e. The Morgan fingerprint density at radius 2 is 1.83 bits per heavy atom. The highest BCUT2D eigenvalue weighted by molar-refractivity contribution is 5.87. The molecule has 1 saturated heterocycles. The van der Waals surface area contributed by atoms with E-state index in [2.05, 4.69) is 17.1 Å². The van der Waals surface area contributed by atoms with Crippen LogP contribution in [0.4, 0.5) is 4.39 Å². The number of likely N-dealkylation sites (tertiary alicyclic amines) is 1. The summed E-state index contributed by atoms with van der Waals surface area (Å²) in [5, 5.41) is 4.02. The van der Waals surface area contributed by atoms with Crippen molar-refractivity contribution in [2.45, 2.75) is 52.6 Å². The van der Waals surface area contributed by atoms with Crippen molar-refractivity contribution < 1.29 is 13.9 Å². The van der Waals surface area contributed by atoms with Gasteiger partial charge >= 0.3 is 0 Å².